The van der Waals surface area contributed by atoms with Gasteiger partial charge in [0.1, 0.15) is 4.90 Å². The van der Waals surface area contributed by atoms with Crippen LogP contribution in [0.25, 0.3) is 22.0 Å². The summed E-state index contributed by atoms with van der Waals surface area (Å²) in [5.74, 6) is 8.47. The number of ketones is 1. The molecule has 1 atom stereocenters. The van der Waals surface area contributed by atoms with Crippen molar-refractivity contribution in [2.45, 2.75) is 9.79 Å². The summed E-state index contributed by atoms with van der Waals surface area (Å²) in [6, 6.07) is 17.0. The van der Waals surface area contributed by atoms with Gasteiger partial charge in [0.25, 0.3) is 5.56 Å². The van der Waals surface area contributed by atoms with Crippen molar-refractivity contribution in [3.63, 3.8) is 0 Å². The third-order valence-electron chi connectivity index (χ3n) is 8.40. The molecular formula is C32H25N9O12S3. The number of aromatic nitrogens is 4. The Hall–Kier alpha value is -6.38. The molecule has 0 radical (unpaired) electrons. The molecule has 0 saturated carbocycles. The first-order valence-electron chi connectivity index (χ1n) is 15.5. The number of aromatic hydroxyl groups is 1. The van der Waals surface area contributed by atoms with Gasteiger partial charge >= 0.3 is 37.6 Å². The zero-order valence-electron chi connectivity index (χ0n) is 28.2. The maximum Gasteiger partial charge on any atom is 0.357 e. The third-order valence-corrected chi connectivity index (χ3v) is 11.0. The highest BCUT2D eigenvalue weighted by Gasteiger charge is 2.30. The van der Waals surface area contributed by atoms with E-state index < -0.39 is 59.1 Å². The fourth-order valence-corrected chi connectivity index (χ4v) is 7.60. The van der Waals surface area contributed by atoms with Gasteiger partial charge in [0.05, 0.1) is 33.0 Å². The van der Waals surface area contributed by atoms with E-state index in [1.165, 1.54) is 28.8 Å². The fourth-order valence-electron chi connectivity index (χ4n) is 5.97. The second kappa shape index (κ2) is 14.4. The molecule has 4 aromatic carbocycles. The van der Waals surface area contributed by atoms with Gasteiger partial charge in [0.15, 0.2) is 11.5 Å². The van der Waals surface area contributed by atoms with Crippen LogP contribution in [0.3, 0.4) is 0 Å². The minimum absolute atomic E-state index is 0.0992. The Morgan fingerprint density at radius 1 is 0.750 bits per heavy atom. The summed E-state index contributed by atoms with van der Waals surface area (Å²) in [6.45, 7) is 0. The quantitative estimate of drug-likeness (QED) is 0.0687. The van der Waals surface area contributed by atoms with E-state index in [2.05, 4.69) is 39.5 Å². The first-order valence-corrected chi connectivity index (χ1v) is 19.4. The molecule has 0 aliphatic heterocycles. The average Bonchev–Trinajstić information content (AvgIpc) is 3.16. The lowest BCUT2D eigenvalue weighted by Gasteiger charge is -2.24. The van der Waals surface area contributed by atoms with Crippen molar-refractivity contribution >= 4 is 82.9 Å². The van der Waals surface area contributed by atoms with Crippen LogP contribution in [0.2, 0.25) is 0 Å². The van der Waals surface area contributed by atoms with E-state index in [0.717, 1.165) is 24.3 Å². The van der Waals surface area contributed by atoms with Crippen LogP contribution >= 0.6 is 0 Å². The number of aryl methyl sites for hydroxylation is 1. The van der Waals surface area contributed by atoms with Crippen LogP contribution in [0.4, 0.5) is 34.6 Å². The third kappa shape index (κ3) is 7.00. The molecule has 2 heterocycles. The number of fused-ring (bicyclic) bond motifs is 2. The standard InChI is InChI=1S/C32H25N9O12S3/c1-41-23-9-8-20(28-27(23)19(14-26(41)42)17-4-2-3-5-18(17)29(28)43)36-22-12-15(6-11-25(22)56(49,50)53-34)35-30-38-31(40-32(44)39-30)37-21-13-16(55(47,48)52-33)7-10-24(21)51-54(45)46/h2-14,36H,33-34H2,1H3,(H,45,46)(H3,35,37,38,39,40,44). The molecule has 1 aliphatic rings. The average molecular weight is 824 g/mol. The van der Waals surface area contributed by atoms with Gasteiger partial charge in [0, 0.05) is 29.8 Å². The highest BCUT2D eigenvalue weighted by atomic mass is 32.2. The first kappa shape index (κ1) is 37.9. The molecule has 0 saturated heterocycles. The highest BCUT2D eigenvalue weighted by Crippen LogP contribution is 2.43. The molecule has 0 spiro atoms. The van der Waals surface area contributed by atoms with Crippen molar-refractivity contribution in [2.24, 2.45) is 18.8 Å². The van der Waals surface area contributed by atoms with Gasteiger partial charge in [-0.25, -0.2) is 0 Å². The monoisotopic (exact) mass is 823 g/mol. The number of anilines is 6. The van der Waals surface area contributed by atoms with Crippen LogP contribution in [-0.2, 0) is 47.2 Å². The topological polar surface area (TPSA) is 319 Å². The summed E-state index contributed by atoms with van der Waals surface area (Å²) in [5, 5.41) is 19.1. The predicted molar refractivity (Wildman–Crippen MR) is 199 cm³/mol. The van der Waals surface area contributed by atoms with Gasteiger partial charge in [-0.05, 0) is 59.7 Å². The zero-order valence-corrected chi connectivity index (χ0v) is 30.6. The van der Waals surface area contributed by atoms with Crippen LogP contribution in [-0.4, -0.2) is 56.0 Å². The van der Waals surface area contributed by atoms with Crippen molar-refractivity contribution in [1.29, 1.82) is 0 Å². The number of nitrogens with one attached hydrogen (secondary N) is 3. The van der Waals surface area contributed by atoms with Crippen LogP contribution in [0.1, 0.15) is 15.9 Å². The van der Waals surface area contributed by atoms with Gasteiger partial charge in [-0.2, -0.15) is 56.4 Å². The normalized spacial score (nSPS) is 12.9. The maximum atomic E-state index is 14.1. The molecule has 288 valence electrons. The minimum Gasteiger partial charge on any atom is -0.479 e. The lowest BCUT2D eigenvalue weighted by atomic mass is 9.83. The molecule has 7 rings (SSSR count). The largest absolute Gasteiger partial charge is 0.479 e. The Balaban J connectivity index is 1.29. The number of carbonyl (C=O) groups is 1. The van der Waals surface area contributed by atoms with Crippen LogP contribution in [0, 0.1) is 0 Å². The fraction of sp³-hybridized carbons (Fsp3) is 0.0312. The van der Waals surface area contributed by atoms with Crippen LogP contribution in [0.5, 0.6) is 11.8 Å². The molecule has 1 aliphatic carbocycles. The van der Waals surface area contributed by atoms with Crippen molar-refractivity contribution < 1.29 is 48.2 Å². The lowest BCUT2D eigenvalue weighted by molar-refractivity contribution is 0.104. The predicted octanol–water partition coefficient (Wildman–Crippen LogP) is 2.54. The van der Waals surface area contributed by atoms with Crippen molar-refractivity contribution in [2.75, 3.05) is 16.0 Å². The zero-order chi connectivity index (χ0) is 40.1. The van der Waals surface area contributed by atoms with E-state index >= 15 is 0 Å². The minimum atomic E-state index is -4.59. The number of pyridine rings is 1. The van der Waals surface area contributed by atoms with Gasteiger partial charge in [0.2, 0.25) is 11.9 Å². The number of hydrogen-bond acceptors (Lipinski definition) is 19. The SMILES string of the molecule is Cn1c(=O)cc2c3c(c(Nc4cc(Nc5nc(O)nc(Nc6cc(S(=O)(=O)ON)ccc6OS(=O)O)n5)ccc4S(=O)(=O)ON)ccc31)C(=O)c1ccccc1-2. The molecule has 6 aromatic rings. The maximum absolute atomic E-state index is 14.1. The summed E-state index contributed by atoms with van der Waals surface area (Å²) in [6.07, 6.45) is 0. The van der Waals surface area contributed by atoms with E-state index in [-0.39, 0.29) is 45.6 Å². The van der Waals surface area contributed by atoms with Crippen LogP contribution in [0.15, 0.2) is 93.4 Å². The Bertz CT molecular complexity index is 2940. The molecule has 0 amide bonds. The molecule has 56 heavy (non-hydrogen) atoms. The summed E-state index contributed by atoms with van der Waals surface area (Å²) in [4.78, 5) is 37.7. The van der Waals surface area contributed by atoms with Gasteiger partial charge < -0.3 is 29.8 Å². The first-order chi connectivity index (χ1) is 26.6. The van der Waals surface area contributed by atoms with Crippen LogP contribution < -0.4 is 37.5 Å². The van der Waals surface area contributed by atoms with E-state index in [4.69, 9.17) is 16.0 Å². The summed E-state index contributed by atoms with van der Waals surface area (Å²) >= 11 is -2.86. The summed E-state index contributed by atoms with van der Waals surface area (Å²) in [7, 11) is -7.49. The number of benzene rings is 4. The van der Waals surface area contributed by atoms with Crippen molar-refractivity contribution in [1.82, 2.24) is 19.5 Å². The second-order valence-corrected chi connectivity index (χ2v) is 15.4. The number of rotatable bonds is 12. The van der Waals surface area contributed by atoms with Crippen molar-refractivity contribution in [3.8, 4) is 22.9 Å². The summed E-state index contributed by atoms with van der Waals surface area (Å²) < 4.78 is 85.6. The summed E-state index contributed by atoms with van der Waals surface area (Å²) in [5.41, 5.74) is 1.51. The Labute approximate surface area is 317 Å². The van der Waals surface area contributed by atoms with E-state index in [9.17, 15) is 40.3 Å². The molecule has 9 N–H and O–H groups in total. The lowest BCUT2D eigenvalue weighted by Crippen LogP contribution is -2.21. The molecule has 24 heteroatoms. The van der Waals surface area contributed by atoms with E-state index in [0.29, 0.717) is 27.6 Å². The highest BCUT2D eigenvalue weighted by molar-refractivity contribution is 7.87. The van der Waals surface area contributed by atoms with Gasteiger partial charge in [-0.3, -0.25) is 14.1 Å². The van der Waals surface area contributed by atoms with Gasteiger partial charge in [-0.15, -0.1) is 0 Å². The van der Waals surface area contributed by atoms with E-state index in [1.807, 2.05) is 0 Å². The molecule has 0 bridgehead atoms. The molecule has 1 unspecified atom stereocenters. The number of hydrogen-bond donors (Lipinski definition) is 7. The number of nitrogens with zero attached hydrogens (tertiary/aromatic N) is 4. The molecule has 21 nitrogen and oxygen atoms in total. The molecule has 0 fully saturated rings. The number of carbonyl (C=O) groups excluding carboxylic acids is 1. The van der Waals surface area contributed by atoms with Crippen molar-refractivity contribution in [3.05, 3.63) is 100 Å². The Kier molecular flexibility index (Phi) is 9.72. The second-order valence-electron chi connectivity index (χ2n) is 11.6. The Morgan fingerprint density at radius 3 is 2.14 bits per heavy atom. The van der Waals surface area contributed by atoms with Gasteiger partial charge in [-0.1, -0.05) is 24.3 Å². The van der Waals surface area contributed by atoms with E-state index in [1.54, 1.807) is 37.4 Å². The Morgan fingerprint density at radius 2 is 1.45 bits per heavy atom. The molecule has 2 aromatic heterocycles. The smallest absolute Gasteiger partial charge is 0.357 e. The molecular weight excluding hydrogens is 799 g/mol. The number of nitrogens with two attached hydrogens (primary N) is 2.